The Bertz CT molecular complexity index is 402. The molecule has 1 unspecified atom stereocenters. The molecule has 0 aliphatic carbocycles. The molecule has 3 heterocycles. The Labute approximate surface area is 114 Å². The zero-order valence-corrected chi connectivity index (χ0v) is 11.5. The van der Waals surface area contributed by atoms with Crippen LogP contribution in [0, 0.1) is 0 Å². The fraction of sp³-hybridized carbons (Fsp3) is 0.667. The van der Waals surface area contributed by atoms with Crippen molar-refractivity contribution in [2.24, 2.45) is 0 Å². The van der Waals surface area contributed by atoms with Gasteiger partial charge >= 0.3 is 0 Å². The van der Waals surface area contributed by atoms with Gasteiger partial charge in [-0.3, -0.25) is 9.88 Å². The summed E-state index contributed by atoms with van der Waals surface area (Å²) >= 11 is 0. The second kappa shape index (κ2) is 5.57. The van der Waals surface area contributed by atoms with Gasteiger partial charge in [-0.2, -0.15) is 0 Å². The lowest BCUT2D eigenvalue weighted by Crippen LogP contribution is -2.43. The van der Waals surface area contributed by atoms with E-state index in [4.69, 9.17) is 9.47 Å². The molecule has 3 rings (SSSR count). The molecule has 1 atom stereocenters. The number of aromatic nitrogens is 1. The minimum Gasteiger partial charge on any atom is -0.379 e. The first kappa shape index (κ1) is 13.0. The van der Waals surface area contributed by atoms with Crippen LogP contribution in [0.3, 0.4) is 0 Å². The number of hydrogen-bond donors (Lipinski definition) is 0. The number of piperidine rings is 1. The van der Waals surface area contributed by atoms with E-state index in [9.17, 15) is 0 Å². The van der Waals surface area contributed by atoms with Crippen molar-refractivity contribution in [3.63, 3.8) is 0 Å². The fourth-order valence-electron chi connectivity index (χ4n) is 3.17. The Hall–Kier alpha value is -0.970. The number of pyridine rings is 1. The Morgan fingerprint density at radius 2 is 2.11 bits per heavy atom. The van der Waals surface area contributed by atoms with Crippen LogP contribution in [0.5, 0.6) is 0 Å². The van der Waals surface area contributed by atoms with E-state index in [-0.39, 0.29) is 5.60 Å². The highest BCUT2D eigenvalue weighted by molar-refractivity contribution is 5.09. The lowest BCUT2D eigenvalue weighted by atomic mass is 9.88. The van der Waals surface area contributed by atoms with E-state index in [1.807, 2.05) is 12.4 Å². The summed E-state index contributed by atoms with van der Waals surface area (Å²) in [5, 5.41) is 0. The van der Waals surface area contributed by atoms with Gasteiger partial charge in [0.25, 0.3) is 0 Å². The largest absolute Gasteiger partial charge is 0.379 e. The summed E-state index contributed by atoms with van der Waals surface area (Å²) in [6, 6.07) is 4.19. The molecule has 2 aliphatic rings. The zero-order valence-electron chi connectivity index (χ0n) is 11.5. The van der Waals surface area contributed by atoms with Crippen molar-refractivity contribution < 1.29 is 9.47 Å². The molecule has 1 aromatic rings. The molecule has 2 saturated heterocycles. The molecular formula is C15H22N2O2. The van der Waals surface area contributed by atoms with Crippen molar-refractivity contribution >= 4 is 0 Å². The first-order valence-electron chi connectivity index (χ1n) is 7.08. The summed E-state index contributed by atoms with van der Waals surface area (Å²) in [6.07, 6.45) is 7.34. The van der Waals surface area contributed by atoms with Gasteiger partial charge in [0.15, 0.2) is 0 Å². The average Bonchev–Trinajstić information content (AvgIpc) is 2.86. The molecule has 2 fully saturated rings. The van der Waals surface area contributed by atoms with Crippen LogP contribution in [-0.2, 0) is 16.0 Å². The first-order chi connectivity index (χ1) is 9.30. The van der Waals surface area contributed by atoms with Crippen LogP contribution in [0.4, 0.5) is 0 Å². The van der Waals surface area contributed by atoms with Gasteiger partial charge in [0, 0.05) is 45.6 Å². The predicted molar refractivity (Wildman–Crippen MR) is 72.8 cm³/mol. The van der Waals surface area contributed by atoms with Crippen molar-refractivity contribution in [2.75, 3.05) is 26.8 Å². The smallest absolute Gasteiger partial charge is 0.0832 e. The van der Waals surface area contributed by atoms with Crippen molar-refractivity contribution in [3.8, 4) is 0 Å². The molecule has 1 spiro atoms. The molecule has 4 heteroatoms. The molecule has 0 radical (unpaired) electrons. The molecule has 0 bridgehead atoms. The molecule has 104 valence electrons. The molecule has 1 aromatic heterocycles. The lowest BCUT2D eigenvalue weighted by molar-refractivity contribution is -0.0460. The van der Waals surface area contributed by atoms with Crippen LogP contribution >= 0.6 is 0 Å². The fourth-order valence-corrected chi connectivity index (χ4v) is 3.17. The monoisotopic (exact) mass is 262 g/mol. The Balaban J connectivity index is 1.53. The van der Waals surface area contributed by atoms with Crippen LogP contribution in [0.2, 0.25) is 0 Å². The Morgan fingerprint density at radius 3 is 2.74 bits per heavy atom. The molecule has 19 heavy (non-hydrogen) atoms. The SMILES string of the molecule is COC1COC2(CCN(Cc3ccncc3)CC2)C1. The van der Waals surface area contributed by atoms with Gasteiger partial charge < -0.3 is 9.47 Å². The maximum Gasteiger partial charge on any atom is 0.0832 e. The van der Waals surface area contributed by atoms with Gasteiger partial charge in [-0.05, 0) is 30.5 Å². The molecule has 2 aliphatic heterocycles. The standard InChI is InChI=1S/C15H22N2O2/c1-18-14-10-15(19-12-14)4-8-17(9-5-15)11-13-2-6-16-7-3-13/h2-3,6-7,14H,4-5,8-12H2,1H3. The summed E-state index contributed by atoms with van der Waals surface area (Å²) < 4.78 is 11.4. The number of methoxy groups -OCH3 is 1. The number of ether oxygens (including phenoxy) is 2. The van der Waals surface area contributed by atoms with Gasteiger partial charge in [0.1, 0.15) is 0 Å². The minimum atomic E-state index is 0.0927. The van der Waals surface area contributed by atoms with Crippen molar-refractivity contribution in [1.29, 1.82) is 0 Å². The highest BCUT2D eigenvalue weighted by Crippen LogP contribution is 2.36. The van der Waals surface area contributed by atoms with E-state index in [2.05, 4.69) is 22.0 Å². The predicted octanol–water partition coefficient (Wildman–Crippen LogP) is 1.85. The van der Waals surface area contributed by atoms with Crippen LogP contribution < -0.4 is 0 Å². The van der Waals surface area contributed by atoms with Crippen LogP contribution in [0.15, 0.2) is 24.5 Å². The molecule has 0 aromatic carbocycles. The molecule has 4 nitrogen and oxygen atoms in total. The highest BCUT2D eigenvalue weighted by atomic mass is 16.6. The minimum absolute atomic E-state index is 0.0927. The van der Waals surface area contributed by atoms with E-state index in [1.165, 1.54) is 5.56 Å². The molecule has 0 N–H and O–H groups in total. The van der Waals surface area contributed by atoms with Gasteiger partial charge in [0.05, 0.1) is 18.3 Å². The maximum atomic E-state index is 6.02. The van der Waals surface area contributed by atoms with Crippen molar-refractivity contribution in [1.82, 2.24) is 9.88 Å². The molecular weight excluding hydrogens is 240 g/mol. The molecule has 0 saturated carbocycles. The summed E-state index contributed by atoms with van der Waals surface area (Å²) in [4.78, 5) is 6.57. The van der Waals surface area contributed by atoms with Gasteiger partial charge in [-0.25, -0.2) is 0 Å². The van der Waals surface area contributed by atoms with Crippen LogP contribution in [0.25, 0.3) is 0 Å². The molecule has 0 amide bonds. The summed E-state index contributed by atoms with van der Waals surface area (Å²) in [7, 11) is 1.78. The summed E-state index contributed by atoms with van der Waals surface area (Å²) in [5.41, 5.74) is 1.43. The summed E-state index contributed by atoms with van der Waals surface area (Å²) in [6.45, 7) is 4.00. The van der Waals surface area contributed by atoms with E-state index in [0.717, 1.165) is 45.5 Å². The van der Waals surface area contributed by atoms with Gasteiger partial charge in [-0.1, -0.05) is 0 Å². The second-order valence-corrected chi connectivity index (χ2v) is 5.69. The van der Waals surface area contributed by atoms with Crippen LogP contribution in [-0.4, -0.2) is 48.4 Å². The van der Waals surface area contributed by atoms with Crippen LogP contribution in [0.1, 0.15) is 24.8 Å². The quantitative estimate of drug-likeness (QED) is 0.832. The summed E-state index contributed by atoms with van der Waals surface area (Å²) in [5.74, 6) is 0. The van der Waals surface area contributed by atoms with E-state index in [0.29, 0.717) is 6.10 Å². The maximum absolute atomic E-state index is 6.02. The van der Waals surface area contributed by atoms with Crippen molar-refractivity contribution in [3.05, 3.63) is 30.1 Å². The van der Waals surface area contributed by atoms with Gasteiger partial charge in [-0.15, -0.1) is 0 Å². The van der Waals surface area contributed by atoms with E-state index < -0.39 is 0 Å². The Morgan fingerprint density at radius 1 is 1.37 bits per heavy atom. The topological polar surface area (TPSA) is 34.6 Å². The van der Waals surface area contributed by atoms with E-state index in [1.54, 1.807) is 7.11 Å². The van der Waals surface area contributed by atoms with E-state index >= 15 is 0 Å². The number of hydrogen-bond acceptors (Lipinski definition) is 4. The lowest BCUT2D eigenvalue weighted by Gasteiger charge is -2.38. The van der Waals surface area contributed by atoms with Crippen molar-refractivity contribution in [2.45, 2.75) is 37.5 Å². The van der Waals surface area contributed by atoms with Gasteiger partial charge in [0.2, 0.25) is 0 Å². The normalized spacial score (nSPS) is 26.9. The first-order valence-corrected chi connectivity index (χ1v) is 7.08. The Kier molecular flexibility index (Phi) is 3.82. The third-order valence-corrected chi connectivity index (χ3v) is 4.43. The highest BCUT2D eigenvalue weighted by Gasteiger charge is 2.42. The number of nitrogens with zero attached hydrogens (tertiary/aromatic N) is 2. The number of rotatable bonds is 3. The zero-order chi connectivity index (χ0) is 13.1. The third kappa shape index (κ3) is 2.96. The average molecular weight is 262 g/mol. The number of likely N-dealkylation sites (tertiary alicyclic amines) is 1. The third-order valence-electron chi connectivity index (χ3n) is 4.43. The second-order valence-electron chi connectivity index (χ2n) is 5.69.